The van der Waals surface area contributed by atoms with Crippen LogP contribution >= 0.6 is 0 Å². The predicted octanol–water partition coefficient (Wildman–Crippen LogP) is 2.87. The molecule has 3 aromatic rings. The van der Waals surface area contributed by atoms with Crippen molar-refractivity contribution < 1.29 is 18.0 Å². The Morgan fingerprint density at radius 3 is 2.31 bits per heavy atom. The van der Waals surface area contributed by atoms with Gasteiger partial charge >= 0.3 is 0 Å². The van der Waals surface area contributed by atoms with Crippen molar-refractivity contribution in [2.45, 2.75) is 37.6 Å². The molecule has 35 heavy (non-hydrogen) atoms. The number of aryl methyl sites for hydroxylation is 2. The molecule has 9 nitrogen and oxygen atoms in total. The molecule has 1 fully saturated rings. The molecule has 1 aliphatic heterocycles. The highest BCUT2D eigenvalue weighted by Crippen LogP contribution is 2.23. The van der Waals surface area contributed by atoms with Crippen LogP contribution < -0.4 is 10.0 Å². The van der Waals surface area contributed by atoms with Crippen LogP contribution in [0.15, 0.2) is 59.8 Å². The Kier molecular flexibility index (Phi) is 6.93. The molecule has 2 aromatic carbocycles. The summed E-state index contributed by atoms with van der Waals surface area (Å²) in [6, 6.07) is 11.4. The fourth-order valence-electron chi connectivity index (χ4n) is 4.06. The molecule has 2 N–H and O–H groups in total. The van der Waals surface area contributed by atoms with Gasteiger partial charge < -0.3 is 10.2 Å². The lowest BCUT2D eigenvalue weighted by atomic mass is 10.0. The minimum atomic E-state index is -3.78. The number of sulfonamides is 1. The number of hydrogen-bond donors (Lipinski definition) is 2. The van der Waals surface area contributed by atoms with Crippen LogP contribution in [0.1, 0.15) is 44.7 Å². The van der Waals surface area contributed by atoms with E-state index in [0.717, 1.165) is 11.1 Å². The van der Waals surface area contributed by atoms with Crippen molar-refractivity contribution in [2.75, 3.05) is 17.8 Å². The van der Waals surface area contributed by atoms with Crippen molar-refractivity contribution in [1.29, 1.82) is 0 Å². The number of carbonyl (C=O) groups is 2. The largest absolute Gasteiger partial charge is 0.349 e. The lowest BCUT2D eigenvalue weighted by Gasteiger charge is -2.32. The Morgan fingerprint density at radius 2 is 1.69 bits per heavy atom. The van der Waals surface area contributed by atoms with Crippen LogP contribution in [-0.4, -0.2) is 54.0 Å². The summed E-state index contributed by atoms with van der Waals surface area (Å²) in [5.41, 5.74) is 3.32. The van der Waals surface area contributed by atoms with Crippen LogP contribution in [-0.2, 0) is 17.1 Å². The smallest absolute Gasteiger partial charge is 0.261 e. The van der Waals surface area contributed by atoms with E-state index in [2.05, 4.69) is 15.1 Å². The summed E-state index contributed by atoms with van der Waals surface area (Å²) in [7, 11) is -2.03. The lowest BCUT2D eigenvalue weighted by molar-refractivity contribution is 0.0698. The molecule has 0 bridgehead atoms. The number of likely N-dealkylation sites (tertiary alicyclic amines) is 1. The van der Waals surface area contributed by atoms with E-state index in [-0.39, 0.29) is 22.8 Å². The fraction of sp³-hybridized carbons (Fsp3) is 0.320. The van der Waals surface area contributed by atoms with Gasteiger partial charge in [-0.05, 0) is 68.1 Å². The average Bonchev–Trinajstić information content (AvgIpc) is 3.28. The molecule has 1 aromatic heterocycles. The van der Waals surface area contributed by atoms with Gasteiger partial charge in [-0.3, -0.25) is 19.0 Å². The Hall–Kier alpha value is -3.66. The van der Waals surface area contributed by atoms with E-state index in [1.54, 1.807) is 35.0 Å². The zero-order valence-corrected chi connectivity index (χ0v) is 20.8. The Morgan fingerprint density at radius 1 is 1.00 bits per heavy atom. The molecule has 0 unspecified atom stereocenters. The van der Waals surface area contributed by atoms with E-state index in [1.807, 2.05) is 19.9 Å². The van der Waals surface area contributed by atoms with E-state index in [4.69, 9.17) is 0 Å². The molecular weight excluding hydrogens is 466 g/mol. The summed E-state index contributed by atoms with van der Waals surface area (Å²) < 4.78 is 29.9. The van der Waals surface area contributed by atoms with Gasteiger partial charge in [-0.15, -0.1) is 0 Å². The molecule has 0 saturated carbocycles. The summed E-state index contributed by atoms with van der Waals surface area (Å²) in [5, 5.41) is 7.01. The number of amides is 2. The maximum atomic E-state index is 12.9. The van der Waals surface area contributed by atoms with Crippen molar-refractivity contribution >= 4 is 27.5 Å². The van der Waals surface area contributed by atoms with E-state index < -0.39 is 10.0 Å². The summed E-state index contributed by atoms with van der Waals surface area (Å²) >= 11 is 0. The second kappa shape index (κ2) is 9.91. The molecule has 0 aliphatic carbocycles. The third kappa shape index (κ3) is 5.54. The number of nitrogens with zero attached hydrogens (tertiary/aromatic N) is 3. The zero-order chi connectivity index (χ0) is 25.2. The molecule has 4 rings (SSSR count). The molecular formula is C25H29N5O4S. The molecule has 0 atom stereocenters. The van der Waals surface area contributed by atoms with Gasteiger partial charge in [0.2, 0.25) is 0 Å². The van der Waals surface area contributed by atoms with Gasteiger partial charge in [-0.1, -0.05) is 12.1 Å². The summed E-state index contributed by atoms with van der Waals surface area (Å²) in [6.07, 6.45) is 4.47. The minimum absolute atomic E-state index is 0.0181. The van der Waals surface area contributed by atoms with Gasteiger partial charge in [0.15, 0.2) is 0 Å². The van der Waals surface area contributed by atoms with E-state index in [0.29, 0.717) is 42.7 Å². The van der Waals surface area contributed by atoms with Gasteiger partial charge in [0.25, 0.3) is 21.8 Å². The standard InChI is InChI=1S/C25H29N5O4S/c1-17-5-4-6-23(18(17)2)28-35(33,34)22-9-7-19(8-10-22)25(32)30-13-11-21(12-14-30)27-24(31)20-15-26-29(3)16-20/h4-10,15-16,21,28H,11-14H2,1-3H3,(H,27,31). The van der Waals surface area contributed by atoms with Crippen molar-refractivity contribution in [3.05, 3.63) is 77.1 Å². The monoisotopic (exact) mass is 495 g/mol. The molecule has 1 aliphatic rings. The SMILES string of the molecule is Cc1cccc(NS(=O)(=O)c2ccc(C(=O)N3CCC(NC(=O)c4cnn(C)c4)CC3)cc2)c1C. The minimum Gasteiger partial charge on any atom is -0.349 e. The van der Waals surface area contributed by atoms with E-state index in [9.17, 15) is 18.0 Å². The highest BCUT2D eigenvalue weighted by atomic mass is 32.2. The fourth-order valence-corrected chi connectivity index (χ4v) is 5.18. The third-order valence-electron chi connectivity index (χ3n) is 6.34. The highest BCUT2D eigenvalue weighted by molar-refractivity contribution is 7.92. The zero-order valence-electron chi connectivity index (χ0n) is 20.0. The van der Waals surface area contributed by atoms with E-state index in [1.165, 1.54) is 30.5 Å². The van der Waals surface area contributed by atoms with Crippen molar-refractivity contribution in [3.8, 4) is 0 Å². The number of nitrogens with one attached hydrogen (secondary N) is 2. The highest BCUT2D eigenvalue weighted by Gasteiger charge is 2.25. The Balaban J connectivity index is 1.35. The summed E-state index contributed by atoms with van der Waals surface area (Å²) in [5.74, 6) is -0.331. The van der Waals surface area contributed by atoms with Gasteiger partial charge in [0.05, 0.1) is 22.3 Å². The first-order valence-electron chi connectivity index (χ1n) is 11.4. The predicted molar refractivity (Wildman–Crippen MR) is 133 cm³/mol. The average molecular weight is 496 g/mol. The number of hydrogen-bond acceptors (Lipinski definition) is 5. The Labute approximate surface area is 205 Å². The van der Waals surface area contributed by atoms with Crippen LogP contribution in [0, 0.1) is 13.8 Å². The molecule has 0 radical (unpaired) electrons. The molecule has 1 saturated heterocycles. The first-order chi connectivity index (χ1) is 16.6. The first kappa shape index (κ1) is 24.5. The van der Waals surface area contributed by atoms with Crippen LogP contribution in [0.5, 0.6) is 0 Å². The lowest BCUT2D eigenvalue weighted by Crippen LogP contribution is -2.46. The molecule has 184 valence electrons. The van der Waals surface area contributed by atoms with Gasteiger partial charge in [0.1, 0.15) is 0 Å². The van der Waals surface area contributed by atoms with Crippen LogP contribution in [0.3, 0.4) is 0 Å². The number of carbonyl (C=O) groups excluding carboxylic acids is 2. The van der Waals surface area contributed by atoms with Crippen molar-refractivity contribution in [1.82, 2.24) is 20.0 Å². The summed E-state index contributed by atoms with van der Waals surface area (Å²) in [4.78, 5) is 27.1. The van der Waals surface area contributed by atoms with Crippen LogP contribution in [0.4, 0.5) is 5.69 Å². The van der Waals surface area contributed by atoms with Gasteiger partial charge in [-0.2, -0.15) is 5.10 Å². The Bertz CT molecular complexity index is 1340. The number of anilines is 1. The van der Waals surface area contributed by atoms with Gasteiger partial charge in [0, 0.05) is 37.9 Å². The maximum absolute atomic E-state index is 12.9. The number of aromatic nitrogens is 2. The number of benzene rings is 2. The molecule has 0 spiro atoms. The number of rotatable bonds is 6. The second-order valence-corrected chi connectivity index (χ2v) is 10.5. The van der Waals surface area contributed by atoms with Crippen LogP contribution in [0.25, 0.3) is 0 Å². The van der Waals surface area contributed by atoms with E-state index >= 15 is 0 Å². The molecule has 2 amide bonds. The van der Waals surface area contributed by atoms with Crippen molar-refractivity contribution in [3.63, 3.8) is 0 Å². The molecule has 10 heteroatoms. The second-order valence-electron chi connectivity index (χ2n) is 8.82. The summed E-state index contributed by atoms with van der Waals surface area (Å²) in [6.45, 7) is 4.80. The topological polar surface area (TPSA) is 113 Å². The van der Waals surface area contributed by atoms with Crippen LogP contribution in [0.2, 0.25) is 0 Å². The van der Waals surface area contributed by atoms with Gasteiger partial charge in [-0.25, -0.2) is 8.42 Å². The maximum Gasteiger partial charge on any atom is 0.261 e. The normalized spacial score (nSPS) is 14.5. The first-order valence-corrected chi connectivity index (χ1v) is 12.9. The molecule has 2 heterocycles. The quantitative estimate of drug-likeness (QED) is 0.546. The third-order valence-corrected chi connectivity index (χ3v) is 7.73. The number of piperidine rings is 1. The van der Waals surface area contributed by atoms with Crippen molar-refractivity contribution in [2.24, 2.45) is 7.05 Å².